The zero-order valence-electron chi connectivity index (χ0n) is 14.1. The Balaban J connectivity index is 1.92. The second kappa shape index (κ2) is 6.70. The first kappa shape index (κ1) is 15.3. The Morgan fingerprint density at radius 3 is 1.72 bits per heavy atom. The van der Waals surface area contributed by atoms with Gasteiger partial charge in [0.25, 0.3) is 0 Å². The van der Waals surface area contributed by atoms with Crippen molar-refractivity contribution in [3.8, 4) is 33.9 Å². The zero-order valence-corrected chi connectivity index (χ0v) is 14.1. The van der Waals surface area contributed by atoms with Gasteiger partial charge in [0, 0.05) is 16.7 Å². The molecule has 0 N–H and O–H groups in total. The van der Waals surface area contributed by atoms with E-state index in [1.165, 1.54) is 5.56 Å². The van der Waals surface area contributed by atoms with E-state index in [1.54, 1.807) is 0 Å². The van der Waals surface area contributed by atoms with Gasteiger partial charge in [0.15, 0.2) is 5.82 Å². The van der Waals surface area contributed by atoms with Crippen LogP contribution in [0, 0.1) is 6.92 Å². The lowest BCUT2D eigenvalue weighted by Gasteiger charge is -2.09. The Bertz CT molecular complexity index is 935. The fraction of sp³-hybridized carbons (Fsp3) is 0.0435. The standard InChI is InChI=1S/C23H18N2/c1-17-9-8-14-20(15-17)22-16-21(18-10-4-2-5-11-18)24-23(25-22)19-12-6-3-7-13-19/h2-16H,1H3. The molecule has 0 aliphatic rings. The molecule has 2 heteroatoms. The van der Waals surface area contributed by atoms with Crippen molar-refractivity contribution < 1.29 is 0 Å². The van der Waals surface area contributed by atoms with E-state index < -0.39 is 0 Å². The molecular formula is C23H18N2. The summed E-state index contributed by atoms with van der Waals surface area (Å²) in [5.74, 6) is 0.749. The van der Waals surface area contributed by atoms with E-state index in [9.17, 15) is 0 Å². The average Bonchev–Trinajstić information content (AvgIpc) is 2.69. The van der Waals surface area contributed by atoms with E-state index in [1.807, 2.05) is 48.5 Å². The summed E-state index contributed by atoms with van der Waals surface area (Å²) >= 11 is 0. The summed E-state index contributed by atoms with van der Waals surface area (Å²) in [6.07, 6.45) is 0. The molecule has 0 amide bonds. The Kier molecular flexibility index (Phi) is 4.09. The van der Waals surface area contributed by atoms with Gasteiger partial charge in [-0.05, 0) is 19.1 Å². The molecule has 0 fully saturated rings. The quantitative estimate of drug-likeness (QED) is 0.477. The van der Waals surface area contributed by atoms with Crippen LogP contribution in [0.4, 0.5) is 0 Å². The Morgan fingerprint density at radius 2 is 1.08 bits per heavy atom. The number of aryl methyl sites for hydroxylation is 1. The zero-order chi connectivity index (χ0) is 17.1. The molecule has 0 spiro atoms. The van der Waals surface area contributed by atoms with Gasteiger partial charge in [-0.15, -0.1) is 0 Å². The molecular weight excluding hydrogens is 304 g/mol. The van der Waals surface area contributed by atoms with Crippen LogP contribution < -0.4 is 0 Å². The van der Waals surface area contributed by atoms with Crippen LogP contribution in [-0.4, -0.2) is 9.97 Å². The minimum atomic E-state index is 0.749. The highest BCUT2D eigenvalue weighted by Gasteiger charge is 2.10. The van der Waals surface area contributed by atoms with E-state index in [-0.39, 0.29) is 0 Å². The molecule has 4 rings (SSSR count). The summed E-state index contributed by atoms with van der Waals surface area (Å²) in [5, 5.41) is 0. The lowest BCUT2D eigenvalue weighted by atomic mass is 10.1. The summed E-state index contributed by atoms with van der Waals surface area (Å²) in [7, 11) is 0. The lowest BCUT2D eigenvalue weighted by molar-refractivity contribution is 1.18. The Labute approximate surface area is 147 Å². The molecule has 25 heavy (non-hydrogen) atoms. The topological polar surface area (TPSA) is 25.8 Å². The Hall–Kier alpha value is -3.26. The van der Waals surface area contributed by atoms with Gasteiger partial charge in [-0.2, -0.15) is 0 Å². The van der Waals surface area contributed by atoms with Gasteiger partial charge >= 0.3 is 0 Å². The van der Waals surface area contributed by atoms with Crippen molar-refractivity contribution in [2.24, 2.45) is 0 Å². The van der Waals surface area contributed by atoms with Crippen molar-refractivity contribution in [3.63, 3.8) is 0 Å². The van der Waals surface area contributed by atoms with E-state index in [0.717, 1.165) is 33.9 Å². The molecule has 0 unspecified atom stereocenters. The molecule has 2 nitrogen and oxygen atoms in total. The van der Waals surface area contributed by atoms with Gasteiger partial charge in [0.2, 0.25) is 0 Å². The third-order valence-electron chi connectivity index (χ3n) is 4.14. The van der Waals surface area contributed by atoms with Crippen molar-refractivity contribution in [3.05, 3.63) is 96.6 Å². The number of nitrogens with zero attached hydrogens (tertiary/aromatic N) is 2. The summed E-state index contributed by atoms with van der Waals surface area (Å²) in [5.41, 5.74) is 6.32. The molecule has 0 saturated heterocycles. The number of hydrogen-bond donors (Lipinski definition) is 0. The predicted octanol–water partition coefficient (Wildman–Crippen LogP) is 5.79. The van der Waals surface area contributed by atoms with Gasteiger partial charge < -0.3 is 0 Å². The van der Waals surface area contributed by atoms with Crippen LogP contribution in [0.2, 0.25) is 0 Å². The highest BCUT2D eigenvalue weighted by Crippen LogP contribution is 2.27. The fourth-order valence-electron chi connectivity index (χ4n) is 2.87. The Morgan fingerprint density at radius 1 is 0.520 bits per heavy atom. The van der Waals surface area contributed by atoms with E-state index >= 15 is 0 Å². The van der Waals surface area contributed by atoms with Crippen LogP contribution >= 0.6 is 0 Å². The molecule has 4 aromatic rings. The average molecular weight is 322 g/mol. The van der Waals surface area contributed by atoms with Crippen molar-refractivity contribution in [1.82, 2.24) is 9.97 Å². The number of benzene rings is 3. The van der Waals surface area contributed by atoms with Crippen LogP contribution in [0.15, 0.2) is 91.0 Å². The van der Waals surface area contributed by atoms with Crippen LogP contribution in [0.5, 0.6) is 0 Å². The molecule has 1 heterocycles. The monoisotopic (exact) mass is 322 g/mol. The van der Waals surface area contributed by atoms with E-state index in [2.05, 4.69) is 49.4 Å². The van der Waals surface area contributed by atoms with Gasteiger partial charge in [-0.3, -0.25) is 0 Å². The maximum atomic E-state index is 4.83. The smallest absolute Gasteiger partial charge is 0.160 e. The molecule has 0 saturated carbocycles. The second-order valence-corrected chi connectivity index (χ2v) is 6.06. The van der Waals surface area contributed by atoms with Gasteiger partial charge in [-0.1, -0.05) is 84.4 Å². The van der Waals surface area contributed by atoms with Crippen molar-refractivity contribution in [1.29, 1.82) is 0 Å². The maximum Gasteiger partial charge on any atom is 0.160 e. The number of aromatic nitrogens is 2. The maximum absolute atomic E-state index is 4.83. The molecule has 0 atom stereocenters. The van der Waals surface area contributed by atoms with Gasteiger partial charge in [-0.25, -0.2) is 9.97 Å². The predicted molar refractivity (Wildman–Crippen MR) is 103 cm³/mol. The van der Waals surface area contributed by atoms with Gasteiger partial charge in [0.1, 0.15) is 0 Å². The summed E-state index contributed by atoms with van der Waals surface area (Å²) in [4.78, 5) is 9.64. The molecule has 120 valence electrons. The van der Waals surface area contributed by atoms with E-state index in [0.29, 0.717) is 0 Å². The summed E-state index contributed by atoms with van der Waals surface area (Å²) in [6.45, 7) is 2.10. The molecule has 0 aliphatic heterocycles. The number of hydrogen-bond acceptors (Lipinski definition) is 2. The third-order valence-corrected chi connectivity index (χ3v) is 4.14. The van der Waals surface area contributed by atoms with Crippen LogP contribution in [0.25, 0.3) is 33.9 Å². The molecule has 0 radical (unpaired) electrons. The molecule has 0 bridgehead atoms. The molecule has 1 aromatic heterocycles. The minimum Gasteiger partial charge on any atom is -0.228 e. The first-order chi connectivity index (χ1) is 12.3. The first-order valence-corrected chi connectivity index (χ1v) is 8.36. The van der Waals surface area contributed by atoms with Crippen LogP contribution in [-0.2, 0) is 0 Å². The third kappa shape index (κ3) is 3.33. The van der Waals surface area contributed by atoms with Crippen molar-refractivity contribution in [2.45, 2.75) is 6.92 Å². The summed E-state index contributed by atoms with van der Waals surface area (Å²) in [6, 6.07) is 30.9. The minimum absolute atomic E-state index is 0.749. The SMILES string of the molecule is Cc1cccc(-c2cc(-c3ccccc3)nc(-c3ccccc3)n2)c1. The summed E-state index contributed by atoms with van der Waals surface area (Å²) < 4.78 is 0. The highest BCUT2D eigenvalue weighted by molar-refractivity contribution is 5.71. The van der Waals surface area contributed by atoms with Crippen LogP contribution in [0.3, 0.4) is 0 Å². The lowest BCUT2D eigenvalue weighted by Crippen LogP contribution is -1.95. The molecule has 0 aliphatic carbocycles. The largest absolute Gasteiger partial charge is 0.228 e. The van der Waals surface area contributed by atoms with Gasteiger partial charge in [0.05, 0.1) is 11.4 Å². The van der Waals surface area contributed by atoms with Crippen molar-refractivity contribution >= 4 is 0 Å². The van der Waals surface area contributed by atoms with Crippen LogP contribution in [0.1, 0.15) is 5.56 Å². The number of rotatable bonds is 3. The van der Waals surface area contributed by atoms with E-state index in [4.69, 9.17) is 9.97 Å². The normalized spacial score (nSPS) is 10.6. The fourth-order valence-corrected chi connectivity index (χ4v) is 2.87. The van der Waals surface area contributed by atoms with Crippen molar-refractivity contribution in [2.75, 3.05) is 0 Å². The highest BCUT2D eigenvalue weighted by atomic mass is 14.9. The molecule has 3 aromatic carbocycles. The first-order valence-electron chi connectivity index (χ1n) is 8.36. The second-order valence-electron chi connectivity index (χ2n) is 6.06.